The summed E-state index contributed by atoms with van der Waals surface area (Å²) in [5.74, 6) is 1.39. The minimum absolute atomic E-state index is 0.288. The molecular weight excluding hydrogens is 533 g/mol. The van der Waals surface area contributed by atoms with E-state index in [1.54, 1.807) is 0 Å². The fourth-order valence-electron chi connectivity index (χ4n) is 6.13. The SMILES string of the molecule is Clc1cccc(Cl)c1-c1noc(C2CC2)c1COCC12CCC(c3ccc(Br)cc3)(CC1)CC2. The van der Waals surface area contributed by atoms with Crippen LogP contribution in [0.1, 0.15) is 74.2 Å². The van der Waals surface area contributed by atoms with Crippen LogP contribution in [-0.4, -0.2) is 11.8 Å². The van der Waals surface area contributed by atoms with Crippen LogP contribution in [0.4, 0.5) is 0 Å². The van der Waals surface area contributed by atoms with E-state index in [-0.39, 0.29) is 5.41 Å². The lowest BCUT2D eigenvalue weighted by Gasteiger charge is -2.53. The molecule has 3 nitrogen and oxygen atoms in total. The Morgan fingerprint density at radius 3 is 2.21 bits per heavy atom. The summed E-state index contributed by atoms with van der Waals surface area (Å²) in [5, 5.41) is 5.58. The van der Waals surface area contributed by atoms with Gasteiger partial charge in [0.25, 0.3) is 0 Å². The molecule has 0 saturated heterocycles. The molecule has 4 aliphatic rings. The molecule has 4 saturated carbocycles. The van der Waals surface area contributed by atoms with E-state index in [1.807, 2.05) is 18.2 Å². The summed E-state index contributed by atoms with van der Waals surface area (Å²) in [4.78, 5) is 0. The van der Waals surface area contributed by atoms with Gasteiger partial charge in [0.2, 0.25) is 0 Å². The van der Waals surface area contributed by atoms with Crippen LogP contribution >= 0.6 is 39.1 Å². The Morgan fingerprint density at radius 1 is 0.941 bits per heavy atom. The van der Waals surface area contributed by atoms with E-state index in [0.717, 1.165) is 46.5 Å². The Labute approximate surface area is 219 Å². The molecular formula is C28H28BrCl2NO2. The smallest absolute Gasteiger partial charge is 0.145 e. The minimum Gasteiger partial charge on any atom is -0.376 e. The van der Waals surface area contributed by atoms with Gasteiger partial charge in [-0.25, -0.2) is 0 Å². The van der Waals surface area contributed by atoms with Crippen molar-refractivity contribution in [2.45, 2.75) is 69.3 Å². The summed E-state index contributed by atoms with van der Waals surface area (Å²) >= 11 is 16.6. The lowest BCUT2D eigenvalue weighted by atomic mass is 9.52. The first-order chi connectivity index (χ1) is 16.5. The monoisotopic (exact) mass is 559 g/mol. The largest absolute Gasteiger partial charge is 0.376 e. The minimum atomic E-state index is 0.288. The lowest BCUT2D eigenvalue weighted by Crippen LogP contribution is -2.46. The van der Waals surface area contributed by atoms with Gasteiger partial charge in [0, 0.05) is 21.5 Å². The summed E-state index contributed by atoms with van der Waals surface area (Å²) in [5.41, 5.74) is 4.64. The number of benzene rings is 2. The first-order valence-corrected chi connectivity index (χ1v) is 13.8. The van der Waals surface area contributed by atoms with Gasteiger partial charge in [0.05, 0.1) is 23.3 Å². The highest BCUT2D eigenvalue weighted by Crippen LogP contribution is 2.58. The van der Waals surface area contributed by atoms with Gasteiger partial charge < -0.3 is 9.26 Å². The zero-order valence-corrected chi connectivity index (χ0v) is 22.2. The van der Waals surface area contributed by atoms with E-state index in [9.17, 15) is 0 Å². The number of fused-ring (bicyclic) bond motifs is 3. The van der Waals surface area contributed by atoms with Crippen LogP contribution in [0.15, 0.2) is 51.5 Å². The second-order valence-electron chi connectivity index (χ2n) is 10.5. The Balaban J connectivity index is 1.17. The van der Waals surface area contributed by atoms with Crippen LogP contribution < -0.4 is 0 Å². The Kier molecular flexibility index (Phi) is 6.08. The highest BCUT2D eigenvalue weighted by atomic mass is 79.9. The third-order valence-corrected chi connectivity index (χ3v) is 9.64. The Hall–Kier alpha value is -1.33. The number of hydrogen-bond acceptors (Lipinski definition) is 3. The topological polar surface area (TPSA) is 35.3 Å². The van der Waals surface area contributed by atoms with E-state index in [2.05, 4.69) is 45.4 Å². The van der Waals surface area contributed by atoms with Crippen LogP contribution in [0.2, 0.25) is 10.0 Å². The number of hydrogen-bond donors (Lipinski definition) is 0. The third-order valence-electron chi connectivity index (χ3n) is 8.48. The molecule has 4 fully saturated rings. The summed E-state index contributed by atoms with van der Waals surface area (Å²) in [6.07, 6.45) is 9.71. The van der Waals surface area contributed by atoms with Crippen molar-refractivity contribution >= 4 is 39.1 Å². The maximum atomic E-state index is 6.51. The number of ether oxygens (including phenoxy) is 1. The van der Waals surface area contributed by atoms with Crippen molar-refractivity contribution < 1.29 is 9.26 Å². The molecule has 0 amide bonds. The predicted molar refractivity (Wildman–Crippen MR) is 140 cm³/mol. The van der Waals surface area contributed by atoms with Crippen LogP contribution in [0.3, 0.4) is 0 Å². The first kappa shape index (κ1) is 23.1. The lowest BCUT2D eigenvalue weighted by molar-refractivity contribution is -0.0433. The van der Waals surface area contributed by atoms with Gasteiger partial charge >= 0.3 is 0 Å². The molecule has 0 aliphatic heterocycles. The molecule has 0 spiro atoms. The molecule has 3 aromatic rings. The molecule has 0 unspecified atom stereocenters. The molecule has 4 aliphatic carbocycles. The molecule has 2 aromatic carbocycles. The van der Waals surface area contributed by atoms with E-state index >= 15 is 0 Å². The standard InChI is InChI=1S/C28H28BrCl2NO2/c29-20-8-6-19(7-9-20)28-13-10-27(11-14-28,12-15-28)17-33-16-21-25(32-34-26(21)18-4-5-18)24-22(30)2-1-3-23(24)31/h1-3,6-9,18H,4-5,10-17H2. The van der Waals surface area contributed by atoms with E-state index < -0.39 is 0 Å². The molecule has 7 rings (SSSR count). The highest BCUT2D eigenvalue weighted by molar-refractivity contribution is 9.10. The van der Waals surface area contributed by atoms with Crippen molar-refractivity contribution in [2.24, 2.45) is 5.41 Å². The number of halogens is 3. The van der Waals surface area contributed by atoms with Crippen molar-refractivity contribution in [3.8, 4) is 11.3 Å². The molecule has 1 heterocycles. The molecule has 2 bridgehead atoms. The Bertz CT molecular complexity index is 1160. The molecule has 0 radical (unpaired) electrons. The molecule has 0 N–H and O–H groups in total. The zero-order valence-electron chi connectivity index (χ0n) is 19.1. The second-order valence-corrected chi connectivity index (χ2v) is 12.3. The fourth-order valence-corrected chi connectivity index (χ4v) is 6.97. The van der Waals surface area contributed by atoms with Crippen molar-refractivity contribution in [3.05, 3.63) is 73.9 Å². The molecule has 1 aromatic heterocycles. The maximum Gasteiger partial charge on any atom is 0.145 e. The number of rotatable bonds is 7. The van der Waals surface area contributed by atoms with Crippen molar-refractivity contribution in [1.82, 2.24) is 5.16 Å². The Morgan fingerprint density at radius 2 is 1.59 bits per heavy atom. The average molecular weight is 561 g/mol. The highest BCUT2D eigenvalue weighted by Gasteiger charge is 2.49. The fraction of sp³-hybridized carbons (Fsp3) is 0.464. The summed E-state index contributed by atoms with van der Waals surface area (Å²) in [7, 11) is 0. The van der Waals surface area contributed by atoms with Crippen molar-refractivity contribution in [1.29, 1.82) is 0 Å². The van der Waals surface area contributed by atoms with E-state index in [0.29, 0.717) is 28.0 Å². The number of aromatic nitrogens is 1. The molecule has 178 valence electrons. The third kappa shape index (κ3) is 4.15. The van der Waals surface area contributed by atoms with Gasteiger partial charge in [-0.15, -0.1) is 0 Å². The van der Waals surface area contributed by atoms with Crippen LogP contribution in [0.5, 0.6) is 0 Å². The zero-order chi connectivity index (χ0) is 23.3. The van der Waals surface area contributed by atoms with Gasteiger partial charge in [0.1, 0.15) is 11.5 Å². The normalized spacial score (nSPS) is 26.2. The van der Waals surface area contributed by atoms with Gasteiger partial charge in [-0.05, 0) is 92.0 Å². The van der Waals surface area contributed by atoms with Crippen LogP contribution in [0, 0.1) is 5.41 Å². The summed E-state index contributed by atoms with van der Waals surface area (Å²) in [6, 6.07) is 14.5. The van der Waals surface area contributed by atoms with E-state index in [1.165, 1.54) is 44.1 Å². The summed E-state index contributed by atoms with van der Waals surface area (Å²) < 4.78 is 13.4. The average Bonchev–Trinajstić information content (AvgIpc) is 3.62. The maximum absolute atomic E-state index is 6.51. The van der Waals surface area contributed by atoms with Crippen LogP contribution in [0.25, 0.3) is 11.3 Å². The first-order valence-electron chi connectivity index (χ1n) is 12.3. The van der Waals surface area contributed by atoms with Gasteiger partial charge in [0.15, 0.2) is 0 Å². The second kappa shape index (κ2) is 8.96. The predicted octanol–water partition coefficient (Wildman–Crippen LogP) is 9.10. The molecule has 0 atom stereocenters. The quantitative estimate of drug-likeness (QED) is 0.289. The van der Waals surface area contributed by atoms with Gasteiger partial charge in [-0.2, -0.15) is 0 Å². The molecule has 6 heteroatoms. The number of nitrogens with zero attached hydrogens (tertiary/aromatic N) is 1. The van der Waals surface area contributed by atoms with Crippen LogP contribution in [-0.2, 0) is 16.8 Å². The van der Waals surface area contributed by atoms with Gasteiger partial charge in [-0.1, -0.05) is 62.5 Å². The van der Waals surface area contributed by atoms with Crippen molar-refractivity contribution in [3.63, 3.8) is 0 Å². The van der Waals surface area contributed by atoms with Crippen molar-refractivity contribution in [2.75, 3.05) is 6.61 Å². The summed E-state index contributed by atoms with van der Waals surface area (Å²) in [6.45, 7) is 1.28. The van der Waals surface area contributed by atoms with E-state index in [4.69, 9.17) is 32.5 Å². The van der Waals surface area contributed by atoms with Gasteiger partial charge in [-0.3, -0.25) is 0 Å². The molecule has 34 heavy (non-hydrogen) atoms.